The maximum absolute atomic E-state index is 13.9. The molecule has 0 amide bonds. The first kappa shape index (κ1) is 14.4. The molecule has 2 aromatic rings. The van der Waals surface area contributed by atoms with Gasteiger partial charge in [-0.25, -0.2) is 13.6 Å². The fraction of sp³-hybridized carbons (Fsp3) is 0.167. The van der Waals surface area contributed by atoms with Crippen molar-refractivity contribution in [1.82, 2.24) is 4.73 Å². The molecule has 0 spiro atoms. The molecular formula is C12H8BrF2NO4. The highest BCUT2D eigenvalue weighted by Gasteiger charge is 2.21. The summed E-state index contributed by atoms with van der Waals surface area (Å²) in [7, 11) is 0. The Morgan fingerprint density at radius 3 is 2.75 bits per heavy atom. The van der Waals surface area contributed by atoms with Crippen LogP contribution < -0.4 is 5.43 Å². The van der Waals surface area contributed by atoms with Gasteiger partial charge in [-0.3, -0.25) is 4.79 Å². The van der Waals surface area contributed by atoms with E-state index in [0.717, 1.165) is 12.3 Å². The topological polar surface area (TPSA) is 68.5 Å². The molecule has 1 N–H and O–H groups in total. The minimum absolute atomic E-state index is 0.0186. The third-order valence-electron chi connectivity index (χ3n) is 2.60. The normalized spacial score (nSPS) is 10.8. The van der Waals surface area contributed by atoms with Crippen LogP contribution in [0.4, 0.5) is 8.78 Å². The summed E-state index contributed by atoms with van der Waals surface area (Å²) in [5.41, 5.74) is -1.96. The molecule has 1 heterocycles. The van der Waals surface area contributed by atoms with E-state index in [1.54, 1.807) is 0 Å². The van der Waals surface area contributed by atoms with Crippen LogP contribution in [0.2, 0.25) is 0 Å². The highest BCUT2D eigenvalue weighted by atomic mass is 79.9. The molecule has 0 saturated heterocycles. The first-order valence-corrected chi connectivity index (χ1v) is 6.27. The van der Waals surface area contributed by atoms with E-state index in [-0.39, 0.29) is 11.3 Å². The number of hydrogen-bond acceptors (Lipinski definition) is 4. The number of benzene rings is 1. The summed E-state index contributed by atoms with van der Waals surface area (Å²) in [4.78, 5) is 23.6. The van der Waals surface area contributed by atoms with Crippen LogP contribution in [-0.4, -0.2) is 22.5 Å². The number of hydrogen-bond donors (Lipinski definition) is 1. The van der Waals surface area contributed by atoms with Gasteiger partial charge < -0.3 is 9.94 Å². The Morgan fingerprint density at radius 2 is 2.15 bits per heavy atom. The second kappa shape index (κ2) is 5.20. The number of ether oxygens (including phenoxy) is 1. The Morgan fingerprint density at radius 1 is 1.50 bits per heavy atom. The Kier molecular flexibility index (Phi) is 3.76. The summed E-state index contributed by atoms with van der Waals surface area (Å²) in [5, 5.41) is 9.21. The third kappa shape index (κ3) is 2.15. The highest BCUT2D eigenvalue weighted by molar-refractivity contribution is 9.10. The number of aromatic nitrogens is 1. The fourth-order valence-corrected chi connectivity index (χ4v) is 2.03. The van der Waals surface area contributed by atoms with E-state index in [2.05, 4.69) is 20.7 Å². The number of carbonyl (C=O) groups is 1. The van der Waals surface area contributed by atoms with Crippen molar-refractivity contribution in [2.75, 3.05) is 6.61 Å². The molecule has 0 saturated carbocycles. The first-order valence-electron chi connectivity index (χ1n) is 5.47. The van der Waals surface area contributed by atoms with Crippen LogP contribution in [0.25, 0.3) is 10.9 Å². The van der Waals surface area contributed by atoms with Crippen molar-refractivity contribution in [3.63, 3.8) is 0 Å². The van der Waals surface area contributed by atoms with E-state index in [0.29, 0.717) is 0 Å². The molecule has 0 atom stereocenters. The Balaban J connectivity index is 2.87. The summed E-state index contributed by atoms with van der Waals surface area (Å²) >= 11 is 2.66. The van der Waals surface area contributed by atoms with Crippen molar-refractivity contribution >= 4 is 32.8 Å². The molecular weight excluding hydrogens is 340 g/mol. The lowest BCUT2D eigenvalue weighted by atomic mass is 10.1. The van der Waals surface area contributed by atoms with E-state index >= 15 is 0 Å². The van der Waals surface area contributed by atoms with Gasteiger partial charge in [0.1, 0.15) is 16.9 Å². The quantitative estimate of drug-likeness (QED) is 0.514. The number of nitrogens with zero attached hydrogens (tertiary/aromatic N) is 1. The second-order valence-corrected chi connectivity index (χ2v) is 4.61. The van der Waals surface area contributed by atoms with Crippen molar-refractivity contribution in [2.45, 2.75) is 6.92 Å². The van der Waals surface area contributed by atoms with Crippen molar-refractivity contribution in [3.05, 3.63) is 44.2 Å². The van der Waals surface area contributed by atoms with Crippen LogP contribution in [-0.2, 0) is 4.74 Å². The minimum Gasteiger partial charge on any atom is -0.462 e. The van der Waals surface area contributed by atoms with Gasteiger partial charge in [-0.1, -0.05) is 0 Å². The average Bonchev–Trinajstić information content (AvgIpc) is 2.40. The van der Waals surface area contributed by atoms with Crippen LogP contribution >= 0.6 is 15.9 Å². The molecule has 5 nitrogen and oxygen atoms in total. The molecule has 0 aliphatic heterocycles. The SMILES string of the molecule is CCOC(=O)c1cn(O)c2c(F)c(Br)c(F)cc2c1=O. The zero-order valence-electron chi connectivity index (χ0n) is 10.1. The lowest BCUT2D eigenvalue weighted by Gasteiger charge is -2.09. The van der Waals surface area contributed by atoms with Gasteiger partial charge in [0.15, 0.2) is 5.82 Å². The van der Waals surface area contributed by atoms with E-state index in [1.807, 2.05) is 0 Å². The third-order valence-corrected chi connectivity index (χ3v) is 3.33. The van der Waals surface area contributed by atoms with Crippen LogP contribution in [0.15, 0.2) is 21.5 Å². The lowest BCUT2D eigenvalue weighted by molar-refractivity contribution is 0.0520. The van der Waals surface area contributed by atoms with Gasteiger partial charge in [-0.15, -0.1) is 0 Å². The summed E-state index contributed by atoms with van der Waals surface area (Å²) in [5.74, 6) is -3.14. The van der Waals surface area contributed by atoms with E-state index in [4.69, 9.17) is 0 Å². The lowest BCUT2D eigenvalue weighted by Crippen LogP contribution is -2.21. The summed E-state index contributed by atoms with van der Waals surface area (Å²) in [6, 6.07) is 0.736. The zero-order chi connectivity index (χ0) is 15.0. The molecule has 0 fully saturated rings. The van der Waals surface area contributed by atoms with Crippen LogP contribution in [0.3, 0.4) is 0 Å². The van der Waals surface area contributed by atoms with Crippen LogP contribution in [0.1, 0.15) is 17.3 Å². The van der Waals surface area contributed by atoms with Gasteiger partial charge >= 0.3 is 5.97 Å². The predicted molar refractivity (Wildman–Crippen MR) is 69.0 cm³/mol. The van der Waals surface area contributed by atoms with Crippen molar-refractivity contribution in [3.8, 4) is 0 Å². The molecule has 20 heavy (non-hydrogen) atoms. The molecule has 0 aliphatic carbocycles. The molecule has 1 aromatic carbocycles. The molecule has 0 bridgehead atoms. The molecule has 0 unspecified atom stereocenters. The monoisotopic (exact) mass is 347 g/mol. The van der Waals surface area contributed by atoms with E-state index in [9.17, 15) is 23.6 Å². The molecule has 8 heteroatoms. The van der Waals surface area contributed by atoms with Crippen molar-refractivity contribution < 1.29 is 23.5 Å². The van der Waals surface area contributed by atoms with E-state index in [1.165, 1.54) is 6.92 Å². The molecule has 0 radical (unpaired) electrons. The van der Waals surface area contributed by atoms with Crippen LogP contribution in [0, 0.1) is 11.6 Å². The summed E-state index contributed by atoms with van der Waals surface area (Å²) in [6.45, 7) is 1.55. The standard InChI is InChI=1S/C12H8BrF2NO4/c1-2-20-12(18)6-4-16(19)10-5(11(6)17)3-7(14)8(13)9(10)15/h3-4,19H,2H2,1H3. The van der Waals surface area contributed by atoms with Crippen molar-refractivity contribution in [1.29, 1.82) is 0 Å². The number of halogens is 3. The average molecular weight is 348 g/mol. The Bertz CT molecular complexity index is 772. The molecule has 0 aliphatic rings. The van der Waals surface area contributed by atoms with Gasteiger partial charge in [-0.05, 0) is 28.9 Å². The fourth-order valence-electron chi connectivity index (χ4n) is 1.73. The molecule has 1 aromatic heterocycles. The predicted octanol–water partition coefficient (Wildman–Crippen LogP) is 2.46. The molecule has 2 rings (SSSR count). The Labute approximate surface area is 119 Å². The number of pyridine rings is 1. The second-order valence-electron chi connectivity index (χ2n) is 3.82. The van der Waals surface area contributed by atoms with Crippen LogP contribution in [0.5, 0.6) is 0 Å². The van der Waals surface area contributed by atoms with Gasteiger partial charge in [0.05, 0.1) is 22.7 Å². The van der Waals surface area contributed by atoms with Gasteiger partial charge in [0.25, 0.3) is 0 Å². The smallest absolute Gasteiger partial charge is 0.343 e. The van der Waals surface area contributed by atoms with Gasteiger partial charge in [0.2, 0.25) is 5.43 Å². The highest BCUT2D eigenvalue weighted by Crippen LogP contribution is 2.26. The first-order chi connectivity index (χ1) is 9.38. The number of rotatable bonds is 2. The maximum atomic E-state index is 13.9. The summed E-state index contributed by atoms with van der Waals surface area (Å²) < 4.78 is 31.7. The minimum atomic E-state index is -1.14. The zero-order valence-corrected chi connectivity index (χ0v) is 11.7. The largest absolute Gasteiger partial charge is 0.462 e. The number of fused-ring (bicyclic) bond motifs is 1. The summed E-state index contributed by atoms with van der Waals surface area (Å²) in [6.07, 6.45) is 0.732. The van der Waals surface area contributed by atoms with Gasteiger partial charge in [0, 0.05) is 0 Å². The number of carbonyl (C=O) groups excluding carboxylic acids is 1. The van der Waals surface area contributed by atoms with Gasteiger partial charge in [-0.2, -0.15) is 4.73 Å². The van der Waals surface area contributed by atoms with E-state index < -0.39 is 44.0 Å². The number of esters is 1. The van der Waals surface area contributed by atoms with Crippen molar-refractivity contribution in [2.24, 2.45) is 0 Å². The maximum Gasteiger partial charge on any atom is 0.343 e. The Hall–Kier alpha value is -1.96. The molecule has 106 valence electrons.